The highest BCUT2D eigenvalue weighted by molar-refractivity contribution is 7.13. The van der Waals surface area contributed by atoms with Crippen LogP contribution in [0, 0.1) is 0 Å². The molecule has 0 fully saturated rings. The van der Waals surface area contributed by atoms with Crippen LogP contribution < -0.4 is 10.4 Å². The second-order valence-electron chi connectivity index (χ2n) is 3.59. The molecule has 2 aromatic rings. The van der Waals surface area contributed by atoms with Crippen LogP contribution in [0.1, 0.15) is 6.42 Å². The lowest BCUT2D eigenvalue weighted by molar-refractivity contribution is -0.140. The number of carboxylic acids is 1. The maximum atomic E-state index is 11.6. The summed E-state index contributed by atoms with van der Waals surface area (Å²) in [6.45, 7) is 0. The molecule has 2 N–H and O–H groups in total. The third kappa shape index (κ3) is 3.52. The number of aromatic nitrogens is 1. The standard InChI is InChI=1S/C12H11N3O3S/c16-10(8-11(17)18)14-15(12-13-6-7-19-12)9-4-2-1-3-5-9/h1-7H,8H2,(H,14,16)(H,17,18). The molecule has 1 aromatic heterocycles. The van der Waals surface area contributed by atoms with Gasteiger partial charge in [-0.05, 0) is 12.1 Å². The number of carbonyl (C=O) groups excluding carboxylic acids is 1. The predicted octanol–water partition coefficient (Wildman–Crippen LogP) is 1.79. The minimum Gasteiger partial charge on any atom is -0.481 e. The van der Waals surface area contributed by atoms with Crippen LogP contribution in [0.25, 0.3) is 0 Å². The molecule has 1 amide bonds. The first-order valence-corrected chi connectivity index (χ1v) is 6.31. The van der Waals surface area contributed by atoms with Crippen LogP contribution in [0.5, 0.6) is 0 Å². The van der Waals surface area contributed by atoms with E-state index in [1.807, 2.05) is 18.2 Å². The number of carboxylic acid groups (broad SMARTS) is 1. The normalized spacial score (nSPS) is 9.89. The van der Waals surface area contributed by atoms with Gasteiger partial charge in [0.2, 0.25) is 11.0 Å². The first-order chi connectivity index (χ1) is 9.16. The summed E-state index contributed by atoms with van der Waals surface area (Å²) in [4.78, 5) is 26.2. The number of nitrogens with zero attached hydrogens (tertiary/aromatic N) is 2. The van der Waals surface area contributed by atoms with Crippen molar-refractivity contribution in [2.45, 2.75) is 6.42 Å². The van der Waals surface area contributed by atoms with Crippen molar-refractivity contribution in [1.29, 1.82) is 0 Å². The van der Waals surface area contributed by atoms with Crippen molar-refractivity contribution in [1.82, 2.24) is 10.4 Å². The van der Waals surface area contributed by atoms with Crippen molar-refractivity contribution in [2.24, 2.45) is 0 Å². The lowest BCUT2D eigenvalue weighted by Gasteiger charge is -2.22. The third-order valence-corrected chi connectivity index (χ3v) is 2.93. The van der Waals surface area contributed by atoms with Crippen LogP contribution in [-0.4, -0.2) is 22.0 Å². The molecular formula is C12H11N3O3S. The smallest absolute Gasteiger partial charge is 0.312 e. The highest BCUT2D eigenvalue weighted by Crippen LogP contribution is 2.24. The number of carbonyl (C=O) groups is 2. The molecule has 0 spiro atoms. The molecule has 1 aromatic carbocycles. The Balaban J connectivity index is 2.21. The van der Waals surface area contributed by atoms with Gasteiger partial charge in [0.25, 0.3) is 0 Å². The summed E-state index contributed by atoms with van der Waals surface area (Å²) in [5, 5.41) is 12.4. The highest BCUT2D eigenvalue weighted by Gasteiger charge is 2.16. The summed E-state index contributed by atoms with van der Waals surface area (Å²) in [5.41, 5.74) is 3.23. The van der Waals surface area contributed by atoms with Gasteiger partial charge in [-0.15, -0.1) is 11.3 Å². The lowest BCUT2D eigenvalue weighted by Crippen LogP contribution is -2.39. The average Bonchev–Trinajstić information content (AvgIpc) is 2.90. The van der Waals surface area contributed by atoms with E-state index in [-0.39, 0.29) is 0 Å². The minimum atomic E-state index is -1.18. The van der Waals surface area contributed by atoms with Crippen molar-refractivity contribution in [2.75, 3.05) is 5.01 Å². The molecule has 0 aliphatic carbocycles. The maximum Gasteiger partial charge on any atom is 0.312 e. The largest absolute Gasteiger partial charge is 0.481 e. The third-order valence-electron chi connectivity index (χ3n) is 2.17. The van der Waals surface area contributed by atoms with Crippen LogP contribution in [-0.2, 0) is 9.59 Å². The number of amides is 1. The maximum absolute atomic E-state index is 11.6. The number of aliphatic carboxylic acids is 1. The summed E-state index contributed by atoms with van der Waals surface area (Å²) < 4.78 is 0. The zero-order valence-corrected chi connectivity index (χ0v) is 10.6. The second kappa shape index (κ2) is 5.96. The molecule has 19 heavy (non-hydrogen) atoms. The zero-order valence-electron chi connectivity index (χ0n) is 9.81. The first kappa shape index (κ1) is 13.0. The van der Waals surface area contributed by atoms with E-state index in [2.05, 4.69) is 10.4 Å². The average molecular weight is 277 g/mol. The molecule has 0 aliphatic rings. The molecule has 6 nitrogen and oxygen atoms in total. The lowest BCUT2D eigenvalue weighted by atomic mass is 10.3. The Labute approximate surface area is 113 Å². The Kier molecular flexibility index (Phi) is 4.09. The molecular weight excluding hydrogens is 266 g/mol. The van der Waals surface area contributed by atoms with Crippen molar-refractivity contribution in [3.05, 3.63) is 41.9 Å². The Morgan fingerprint density at radius 2 is 2.05 bits per heavy atom. The van der Waals surface area contributed by atoms with E-state index in [1.165, 1.54) is 16.3 Å². The van der Waals surface area contributed by atoms with Crippen molar-refractivity contribution in [3.63, 3.8) is 0 Å². The van der Waals surface area contributed by atoms with Gasteiger partial charge in [-0.3, -0.25) is 15.0 Å². The number of hydrazine groups is 1. The Morgan fingerprint density at radius 3 is 2.63 bits per heavy atom. The summed E-state index contributed by atoms with van der Waals surface area (Å²) >= 11 is 1.34. The number of para-hydroxylation sites is 1. The number of benzene rings is 1. The molecule has 0 aliphatic heterocycles. The van der Waals surface area contributed by atoms with Gasteiger partial charge in [0, 0.05) is 11.6 Å². The predicted molar refractivity (Wildman–Crippen MR) is 71.1 cm³/mol. The van der Waals surface area contributed by atoms with Crippen LogP contribution in [0.3, 0.4) is 0 Å². The van der Waals surface area contributed by atoms with E-state index < -0.39 is 18.3 Å². The van der Waals surface area contributed by atoms with Crippen LogP contribution in [0.15, 0.2) is 41.9 Å². The van der Waals surface area contributed by atoms with E-state index in [0.717, 1.165) is 0 Å². The van der Waals surface area contributed by atoms with Crippen molar-refractivity contribution >= 4 is 34.0 Å². The van der Waals surface area contributed by atoms with Crippen molar-refractivity contribution in [3.8, 4) is 0 Å². The first-order valence-electron chi connectivity index (χ1n) is 5.43. The van der Waals surface area contributed by atoms with Gasteiger partial charge >= 0.3 is 5.97 Å². The molecule has 0 saturated carbocycles. The molecule has 7 heteroatoms. The van der Waals surface area contributed by atoms with E-state index >= 15 is 0 Å². The summed E-state index contributed by atoms with van der Waals surface area (Å²) in [6, 6.07) is 9.08. The monoisotopic (exact) mass is 277 g/mol. The molecule has 98 valence electrons. The van der Waals surface area contributed by atoms with Gasteiger partial charge < -0.3 is 5.11 Å². The van der Waals surface area contributed by atoms with Crippen LogP contribution >= 0.6 is 11.3 Å². The molecule has 0 bridgehead atoms. The SMILES string of the molecule is O=C(O)CC(=O)NN(c1ccccc1)c1nccs1. The van der Waals surface area contributed by atoms with Crippen LogP contribution in [0.2, 0.25) is 0 Å². The topological polar surface area (TPSA) is 82.5 Å². The molecule has 0 atom stereocenters. The van der Waals surface area contributed by atoms with E-state index in [9.17, 15) is 9.59 Å². The molecule has 0 radical (unpaired) electrons. The number of nitrogens with one attached hydrogen (secondary N) is 1. The molecule has 0 unspecified atom stereocenters. The fourth-order valence-corrected chi connectivity index (χ4v) is 2.05. The van der Waals surface area contributed by atoms with Gasteiger partial charge in [0.1, 0.15) is 6.42 Å². The Bertz CT molecular complexity index is 557. The summed E-state index contributed by atoms with van der Waals surface area (Å²) in [7, 11) is 0. The fraction of sp³-hybridized carbons (Fsp3) is 0.0833. The van der Waals surface area contributed by atoms with Gasteiger partial charge in [0.15, 0.2) is 0 Å². The fourth-order valence-electron chi connectivity index (χ4n) is 1.43. The summed E-state index contributed by atoms with van der Waals surface area (Å²) in [6.07, 6.45) is 1.02. The molecule has 0 saturated heterocycles. The number of thiazole rings is 1. The number of hydrogen-bond acceptors (Lipinski definition) is 5. The summed E-state index contributed by atoms with van der Waals surface area (Å²) in [5.74, 6) is -1.78. The number of rotatable bonds is 5. The van der Waals surface area contributed by atoms with Crippen LogP contribution in [0.4, 0.5) is 10.8 Å². The zero-order chi connectivity index (χ0) is 13.7. The second-order valence-corrected chi connectivity index (χ2v) is 4.46. The minimum absolute atomic E-state index is 0.560. The molecule has 1 heterocycles. The van der Waals surface area contributed by atoms with Gasteiger partial charge in [-0.25, -0.2) is 9.99 Å². The van der Waals surface area contributed by atoms with Gasteiger partial charge in [-0.1, -0.05) is 18.2 Å². The Morgan fingerprint density at radius 1 is 1.32 bits per heavy atom. The van der Waals surface area contributed by atoms with Crippen molar-refractivity contribution < 1.29 is 14.7 Å². The Hall–Kier alpha value is -2.41. The van der Waals surface area contributed by atoms with Gasteiger partial charge in [-0.2, -0.15) is 0 Å². The number of anilines is 2. The molecule has 2 rings (SSSR count). The quantitative estimate of drug-likeness (QED) is 0.643. The van der Waals surface area contributed by atoms with Gasteiger partial charge in [0.05, 0.1) is 5.69 Å². The van der Waals surface area contributed by atoms with E-state index in [0.29, 0.717) is 10.8 Å². The van der Waals surface area contributed by atoms with E-state index in [4.69, 9.17) is 5.11 Å². The highest BCUT2D eigenvalue weighted by atomic mass is 32.1. The van der Waals surface area contributed by atoms with E-state index in [1.54, 1.807) is 23.7 Å². The number of hydrogen-bond donors (Lipinski definition) is 2.